The van der Waals surface area contributed by atoms with Gasteiger partial charge in [0.05, 0.1) is 0 Å². The van der Waals surface area contributed by atoms with Crippen LogP contribution in [0.15, 0.2) is 5.16 Å². The number of nitrogens with one attached hydrogen (secondary N) is 1. The SMILES string of the molecule is CCC(CC)(C(=O)NC1CC1)C(N)=NO. The summed E-state index contributed by atoms with van der Waals surface area (Å²) in [5, 5.41) is 14.6. The van der Waals surface area contributed by atoms with Gasteiger partial charge in [-0.25, -0.2) is 0 Å². The summed E-state index contributed by atoms with van der Waals surface area (Å²) >= 11 is 0. The first-order valence-electron chi connectivity index (χ1n) is 5.39. The molecule has 4 N–H and O–H groups in total. The molecule has 1 aliphatic carbocycles. The molecule has 1 saturated carbocycles. The van der Waals surface area contributed by atoms with E-state index in [2.05, 4.69) is 10.5 Å². The summed E-state index contributed by atoms with van der Waals surface area (Å²) in [4.78, 5) is 12.0. The Kier molecular flexibility index (Phi) is 3.55. The molecule has 0 heterocycles. The maximum atomic E-state index is 12.0. The molecule has 0 aliphatic heterocycles. The van der Waals surface area contributed by atoms with Crippen LogP contribution in [-0.2, 0) is 4.79 Å². The van der Waals surface area contributed by atoms with Gasteiger partial charge in [-0.3, -0.25) is 4.79 Å². The van der Waals surface area contributed by atoms with Crippen LogP contribution in [0.2, 0.25) is 0 Å². The first-order chi connectivity index (χ1) is 7.10. The largest absolute Gasteiger partial charge is 0.409 e. The van der Waals surface area contributed by atoms with Crippen molar-refractivity contribution in [2.24, 2.45) is 16.3 Å². The Balaban J connectivity index is 2.82. The molecule has 0 aromatic heterocycles. The van der Waals surface area contributed by atoms with E-state index in [1.807, 2.05) is 13.8 Å². The highest BCUT2D eigenvalue weighted by Gasteiger charge is 2.41. The van der Waals surface area contributed by atoms with Gasteiger partial charge in [-0.15, -0.1) is 0 Å². The van der Waals surface area contributed by atoms with Crippen molar-refractivity contribution in [3.05, 3.63) is 0 Å². The van der Waals surface area contributed by atoms with E-state index in [0.717, 1.165) is 12.8 Å². The van der Waals surface area contributed by atoms with Crippen molar-refractivity contribution in [2.45, 2.75) is 45.6 Å². The second-order valence-corrected chi connectivity index (χ2v) is 4.02. The van der Waals surface area contributed by atoms with Gasteiger partial charge in [-0.05, 0) is 25.7 Å². The van der Waals surface area contributed by atoms with Gasteiger partial charge < -0.3 is 16.3 Å². The van der Waals surface area contributed by atoms with Gasteiger partial charge in [0.1, 0.15) is 5.41 Å². The lowest BCUT2D eigenvalue weighted by atomic mass is 9.80. The number of carbonyl (C=O) groups is 1. The molecule has 0 radical (unpaired) electrons. The molecule has 5 nitrogen and oxygen atoms in total. The van der Waals surface area contributed by atoms with Gasteiger partial charge >= 0.3 is 0 Å². The fourth-order valence-corrected chi connectivity index (χ4v) is 1.70. The van der Waals surface area contributed by atoms with Crippen LogP contribution in [0.3, 0.4) is 0 Å². The van der Waals surface area contributed by atoms with E-state index in [1.54, 1.807) is 0 Å². The zero-order valence-electron chi connectivity index (χ0n) is 9.29. The first kappa shape index (κ1) is 11.8. The van der Waals surface area contributed by atoms with Crippen molar-refractivity contribution in [1.82, 2.24) is 5.32 Å². The van der Waals surface area contributed by atoms with Crippen molar-refractivity contribution < 1.29 is 10.0 Å². The Morgan fingerprint density at radius 3 is 2.40 bits per heavy atom. The van der Waals surface area contributed by atoms with E-state index in [0.29, 0.717) is 18.9 Å². The van der Waals surface area contributed by atoms with Crippen LogP contribution < -0.4 is 11.1 Å². The number of nitrogens with two attached hydrogens (primary N) is 1. The normalized spacial score (nSPS) is 17.6. The van der Waals surface area contributed by atoms with Crippen LogP contribution in [0, 0.1) is 5.41 Å². The number of hydrogen-bond donors (Lipinski definition) is 3. The Hall–Kier alpha value is -1.26. The second-order valence-electron chi connectivity index (χ2n) is 4.02. The number of hydrogen-bond acceptors (Lipinski definition) is 3. The van der Waals surface area contributed by atoms with Gasteiger partial charge in [0.25, 0.3) is 0 Å². The zero-order chi connectivity index (χ0) is 11.5. The predicted octanol–water partition coefficient (Wildman–Crippen LogP) is 0.818. The zero-order valence-corrected chi connectivity index (χ0v) is 9.29. The van der Waals surface area contributed by atoms with Crippen molar-refractivity contribution >= 4 is 11.7 Å². The molecule has 0 aromatic carbocycles. The highest BCUT2D eigenvalue weighted by Crippen LogP contribution is 2.29. The number of oxime groups is 1. The van der Waals surface area contributed by atoms with Gasteiger partial charge in [0.15, 0.2) is 5.84 Å². The van der Waals surface area contributed by atoms with Gasteiger partial charge in [0.2, 0.25) is 5.91 Å². The molecule has 0 saturated heterocycles. The maximum absolute atomic E-state index is 12.0. The van der Waals surface area contributed by atoms with Crippen LogP contribution in [0.5, 0.6) is 0 Å². The molecular formula is C10H19N3O2. The maximum Gasteiger partial charge on any atom is 0.234 e. The van der Waals surface area contributed by atoms with Crippen LogP contribution in [-0.4, -0.2) is 23.0 Å². The summed E-state index contributed by atoms with van der Waals surface area (Å²) < 4.78 is 0. The van der Waals surface area contributed by atoms with Crippen molar-refractivity contribution in [2.75, 3.05) is 0 Å². The summed E-state index contributed by atoms with van der Waals surface area (Å²) in [6.07, 6.45) is 3.15. The van der Waals surface area contributed by atoms with Crippen LogP contribution in [0.4, 0.5) is 0 Å². The molecule has 1 aliphatic rings. The Labute approximate surface area is 89.7 Å². The molecule has 1 amide bonds. The minimum absolute atomic E-state index is 0.00523. The lowest BCUT2D eigenvalue weighted by Crippen LogP contribution is -2.49. The minimum Gasteiger partial charge on any atom is -0.409 e. The number of nitrogens with zero attached hydrogens (tertiary/aromatic N) is 1. The van der Waals surface area contributed by atoms with E-state index in [4.69, 9.17) is 10.9 Å². The van der Waals surface area contributed by atoms with E-state index in [9.17, 15) is 4.79 Å². The molecular weight excluding hydrogens is 194 g/mol. The molecule has 15 heavy (non-hydrogen) atoms. The van der Waals surface area contributed by atoms with E-state index in [-0.39, 0.29) is 11.7 Å². The lowest BCUT2D eigenvalue weighted by Gasteiger charge is -2.28. The molecule has 0 aromatic rings. The lowest BCUT2D eigenvalue weighted by molar-refractivity contribution is -0.128. The van der Waals surface area contributed by atoms with Gasteiger partial charge in [0, 0.05) is 6.04 Å². The quantitative estimate of drug-likeness (QED) is 0.273. The average molecular weight is 213 g/mol. The standard InChI is InChI=1S/C10H19N3O2/c1-3-10(4-2,8(11)13-15)9(14)12-7-5-6-7/h7,15H,3-6H2,1-2H3,(H2,11,13)(H,12,14). The molecule has 0 atom stereocenters. The number of carbonyl (C=O) groups excluding carboxylic acids is 1. The smallest absolute Gasteiger partial charge is 0.234 e. The molecule has 1 fully saturated rings. The summed E-state index contributed by atoms with van der Waals surface area (Å²) in [5.41, 5.74) is 4.76. The fourth-order valence-electron chi connectivity index (χ4n) is 1.70. The summed E-state index contributed by atoms with van der Waals surface area (Å²) in [5.74, 6) is -0.115. The molecule has 0 unspecified atom stereocenters. The molecule has 5 heteroatoms. The average Bonchev–Trinajstić information content (AvgIpc) is 3.04. The Bertz CT molecular complexity index is 268. The summed E-state index contributed by atoms with van der Waals surface area (Å²) in [7, 11) is 0. The first-order valence-corrected chi connectivity index (χ1v) is 5.39. The van der Waals surface area contributed by atoms with Crippen molar-refractivity contribution in [3.63, 3.8) is 0 Å². The molecule has 1 rings (SSSR count). The summed E-state index contributed by atoms with van der Waals surface area (Å²) in [6, 6.07) is 0.293. The van der Waals surface area contributed by atoms with E-state index >= 15 is 0 Å². The molecule has 86 valence electrons. The van der Waals surface area contributed by atoms with Crippen LogP contribution in [0.25, 0.3) is 0 Å². The third-order valence-electron chi connectivity index (χ3n) is 3.15. The topological polar surface area (TPSA) is 87.7 Å². The monoisotopic (exact) mass is 213 g/mol. The Morgan fingerprint density at radius 1 is 1.53 bits per heavy atom. The molecule has 0 bridgehead atoms. The van der Waals surface area contributed by atoms with Crippen LogP contribution in [0.1, 0.15) is 39.5 Å². The molecule has 0 spiro atoms. The van der Waals surface area contributed by atoms with Crippen LogP contribution >= 0.6 is 0 Å². The number of amidine groups is 1. The van der Waals surface area contributed by atoms with Crippen molar-refractivity contribution in [1.29, 1.82) is 0 Å². The third kappa shape index (κ3) is 2.22. The van der Waals surface area contributed by atoms with Crippen molar-refractivity contribution in [3.8, 4) is 0 Å². The highest BCUT2D eigenvalue weighted by molar-refractivity contribution is 6.06. The second kappa shape index (κ2) is 4.51. The minimum atomic E-state index is -0.850. The Morgan fingerprint density at radius 2 is 2.07 bits per heavy atom. The fraction of sp³-hybridized carbons (Fsp3) is 0.800. The van der Waals surface area contributed by atoms with E-state index < -0.39 is 5.41 Å². The van der Waals surface area contributed by atoms with E-state index in [1.165, 1.54) is 0 Å². The highest BCUT2D eigenvalue weighted by atomic mass is 16.4. The predicted molar refractivity (Wildman–Crippen MR) is 57.6 cm³/mol. The van der Waals surface area contributed by atoms with Gasteiger partial charge in [-0.2, -0.15) is 0 Å². The number of rotatable bonds is 5. The third-order valence-corrected chi connectivity index (χ3v) is 3.15. The van der Waals surface area contributed by atoms with Gasteiger partial charge in [-0.1, -0.05) is 19.0 Å². The number of amides is 1. The summed E-state index contributed by atoms with van der Waals surface area (Å²) in [6.45, 7) is 3.74.